The molecular formula is C19H14N2O2. The predicted octanol–water partition coefficient (Wildman–Crippen LogP) is 4.25. The third-order valence-corrected chi connectivity index (χ3v) is 3.89. The van der Waals surface area contributed by atoms with Crippen LogP contribution in [0.2, 0.25) is 0 Å². The van der Waals surface area contributed by atoms with Gasteiger partial charge in [0.1, 0.15) is 16.6 Å². The van der Waals surface area contributed by atoms with Gasteiger partial charge in [0.25, 0.3) is 0 Å². The molecule has 4 heteroatoms. The van der Waals surface area contributed by atoms with Crippen LogP contribution >= 0.6 is 0 Å². The molecule has 4 aromatic rings. The highest BCUT2D eigenvalue weighted by Gasteiger charge is 2.08. The van der Waals surface area contributed by atoms with Gasteiger partial charge in [-0.2, -0.15) is 0 Å². The summed E-state index contributed by atoms with van der Waals surface area (Å²) < 4.78 is 5.96. The van der Waals surface area contributed by atoms with E-state index in [1.54, 1.807) is 6.07 Å². The number of hydrogen-bond acceptors (Lipinski definition) is 4. The van der Waals surface area contributed by atoms with E-state index in [4.69, 9.17) is 4.42 Å². The van der Waals surface area contributed by atoms with E-state index in [1.807, 2.05) is 61.7 Å². The van der Waals surface area contributed by atoms with Crippen molar-refractivity contribution in [3.8, 4) is 11.5 Å². The summed E-state index contributed by atoms with van der Waals surface area (Å²) in [4.78, 5) is 4.46. The lowest BCUT2D eigenvalue weighted by Gasteiger charge is -2.05. The molecular weight excluding hydrogens is 288 g/mol. The summed E-state index contributed by atoms with van der Waals surface area (Å²) in [7, 11) is 0. The van der Waals surface area contributed by atoms with Crippen molar-refractivity contribution in [1.29, 1.82) is 0 Å². The number of fused-ring (bicyclic) bond motifs is 2. The van der Waals surface area contributed by atoms with Crippen LogP contribution in [0.4, 0.5) is 0 Å². The minimum atomic E-state index is 0.472. The number of benzene rings is 2. The van der Waals surface area contributed by atoms with Crippen molar-refractivity contribution in [2.45, 2.75) is 6.92 Å². The van der Waals surface area contributed by atoms with Gasteiger partial charge < -0.3 is 9.62 Å². The first-order valence-electron chi connectivity index (χ1n) is 7.32. The Hall–Kier alpha value is -3.14. The molecule has 0 atom stereocenters. The van der Waals surface area contributed by atoms with E-state index in [1.165, 1.54) is 0 Å². The number of hydrogen-bond donors (Lipinski definition) is 1. The molecule has 0 saturated carbocycles. The number of pyridine rings is 1. The van der Waals surface area contributed by atoms with Crippen molar-refractivity contribution in [1.82, 2.24) is 4.98 Å². The Kier molecular flexibility index (Phi) is 3.08. The number of aromatic nitrogens is 1. The van der Waals surface area contributed by atoms with E-state index in [2.05, 4.69) is 10.1 Å². The lowest BCUT2D eigenvalue weighted by atomic mass is 10.1. The lowest BCUT2D eigenvalue weighted by molar-refractivity contribution is 0.302. The average Bonchev–Trinajstić information content (AvgIpc) is 2.60. The number of rotatable bonds is 1. The summed E-state index contributed by atoms with van der Waals surface area (Å²) in [6, 6.07) is 17.5. The molecule has 112 valence electrons. The fourth-order valence-electron chi connectivity index (χ4n) is 2.71. The van der Waals surface area contributed by atoms with Gasteiger partial charge in [0.2, 0.25) is 0 Å². The standard InChI is InChI=1S/C19H14N2O2/c1-12-6-7-18-15(8-12)16(21-22)10-19(23-18)17-9-13-4-2-3-5-14(13)11-20-17/h2-11,22H,1H3/b21-16-. The number of nitrogens with zero attached hydrogens (tertiary/aromatic N) is 2. The molecule has 2 aromatic carbocycles. The van der Waals surface area contributed by atoms with Gasteiger partial charge in [-0.1, -0.05) is 41.1 Å². The van der Waals surface area contributed by atoms with Gasteiger partial charge >= 0.3 is 0 Å². The summed E-state index contributed by atoms with van der Waals surface area (Å²) >= 11 is 0. The molecule has 0 fully saturated rings. The van der Waals surface area contributed by atoms with Gasteiger partial charge in [-0.25, -0.2) is 0 Å². The highest BCUT2D eigenvalue weighted by atomic mass is 16.4. The molecule has 4 rings (SSSR count). The highest BCUT2D eigenvalue weighted by molar-refractivity contribution is 5.85. The third kappa shape index (κ3) is 2.34. The quantitative estimate of drug-likeness (QED) is 0.422. The zero-order chi connectivity index (χ0) is 15.8. The van der Waals surface area contributed by atoms with E-state index in [0.29, 0.717) is 22.4 Å². The fourth-order valence-corrected chi connectivity index (χ4v) is 2.71. The van der Waals surface area contributed by atoms with Crippen molar-refractivity contribution < 1.29 is 9.62 Å². The summed E-state index contributed by atoms with van der Waals surface area (Å²) in [6.07, 6.45) is 1.81. The molecule has 2 aromatic heterocycles. The van der Waals surface area contributed by atoms with Gasteiger partial charge in [0.15, 0.2) is 5.76 Å². The minimum absolute atomic E-state index is 0.472. The molecule has 2 heterocycles. The predicted molar refractivity (Wildman–Crippen MR) is 89.0 cm³/mol. The second kappa shape index (κ2) is 5.25. The SMILES string of the molecule is Cc1ccc2oc(-c3cc4ccccc4cn3)c/c(=N/O)c2c1. The highest BCUT2D eigenvalue weighted by Crippen LogP contribution is 2.24. The Morgan fingerprint density at radius 2 is 1.83 bits per heavy atom. The molecule has 4 nitrogen and oxygen atoms in total. The van der Waals surface area contributed by atoms with Crippen LogP contribution in [-0.4, -0.2) is 10.2 Å². The van der Waals surface area contributed by atoms with Crippen LogP contribution in [-0.2, 0) is 0 Å². The summed E-state index contributed by atoms with van der Waals surface area (Å²) in [6.45, 7) is 1.99. The van der Waals surface area contributed by atoms with Crippen LogP contribution in [0.25, 0.3) is 33.2 Å². The Balaban J connectivity index is 1.99. The molecule has 0 spiro atoms. The molecule has 1 N–H and O–H groups in total. The zero-order valence-corrected chi connectivity index (χ0v) is 12.5. The lowest BCUT2D eigenvalue weighted by Crippen LogP contribution is -2.04. The smallest absolute Gasteiger partial charge is 0.155 e. The fraction of sp³-hybridized carbons (Fsp3) is 0.0526. The van der Waals surface area contributed by atoms with Crippen molar-refractivity contribution in [2.24, 2.45) is 5.16 Å². The van der Waals surface area contributed by atoms with E-state index < -0.39 is 0 Å². The third-order valence-electron chi connectivity index (χ3n) is 3.89. The van der Waals surface area contributed by atoms with Crippen molar-refractivity contribution in [3.05, 3.63) is 71.7 Å². The second-order valence-corrected chi connectivity index (χ2v) is 5.51. The second-order valence-electron chi connectivity index (χ2n) is 5.51. The molecule has 0 aliphatic heterocycles. The molecule has 0 amide bonds. The Morgan fingerprint density at radius 3 is 2.65 bits per heavy atom. The van der Waals surface area contributed by atoms with Crippen LogP contribution in [0.15, 0.2) is 70.4 Å². The molecule has 0 aliphatic rings. The Labute approximate surface area is 132 Å². The van der Waals surface area contributed by atoms with Gasteiger partial charge in [-0.15, -0.1) is 0 Å². The average molecular weight is 302 g/mol. The topological polar surface area (TPSA) is 58.6 Å². The van der Waals surface area contributed by atoms with Gasteiger partial charge in [0, 0.05) is 23.0 Å². The maximum absolute atomic E-state index is 9.33. The first kappa shape index (κ1) is 13.5. The first-order valence-corrected chi connectivity index (χ1v) is 7.32. The summed E-state index contributed by atoms with van der Waals surface area (Å²) in [5.41, 5.74) is 2.45. The Morgan fingerprint density at radius 1 is 1.00 bits per heavy atom. The van der Waals surface area contributed by atoms with Crippen molar-refractivity contribution in [3.63, 3.8) is 0 Å². The van der Waals surface area contributed by atoms with Crippen LogP contribution in [0, 0.1) is 6.92 Å². The molecule has 0 saturated heterocycles. The Bertz CT molecular complexity index is 1100. The van der Waals surface area contributed by atoms with Crippen LogP contribution in [0.3, 0.4) is 0 Å². The van der Waals surface area contributed by atoms with E-state index >= 15 is 0 Å². The van der Waals surface area contributed by atoms with Gasteiger partial charge in [0.05, 0.1) is 0 Å². The minimum Gasteiger partial charge on any atom is -0.454 e. The normalized spacial score (nSPS) is 12.1. The largest absolute Gasteiger partial charge is 0.454 e. The van der Waals surface area contributed by atoms with Gasteiger partial charge in [-0.3, -0.25) is 4.98 Å². The molecule has 0 radical (unpaired) electrons. The van der Waals surface area contributed by atoms with Crippen LogP contribution in [0.5, 0.6) is 0 Å². The first-order chi connectivity index (χ1) is 11.2. The van der Waals surface area contributed by atoms with E-state index in [-0.39, 0.29) is 0 Å². The molecule has 0 bridgehead atoms. The molecule has 23 heavy (non-hydrogen) atoms. The van der Waals surface area contributed by atoms with Gasteiger partial charge in [-0.05, 0) is 30.5 Å². The molecule has 0 aliphatic carbocycles. The summed E-state index contributed by atoms with van der Waals surface area (Å²) in [5, 5.41) is 16.1. The summed E-state index contributed by atoms with van der Waals surface area (Å²) in [5.74, 6) is 0.569. The van der Waals surface area contributed by atoms with E-state index in [0.717, 1.165) is 21.7 Å². The molecule has 0 unspecified atom stereocenters. The maximum Gasteiger partial charge on any atom is 0.155 e. The van der Waals surface area contributed by atoms with Crippen molar-refractivity contribution in [2.75, 3.05) is 0 Å². The van der Waals surface area contributed by atoms with Crippen LogP contribution < -0.4 is 5.36 Å². The zero-order valence-electron chi connectivity index (χ0n) is 12.5. The van der Waals surface area contributed by atoms with Crippen molar-refractivity contribution >= 4 is 21.7 Å². The maximum atomic E-state index is 9.33. The number of aryl methyl sites for hydroxylation is 1. The van der Waals surface area contributed by atoms with E-state index in [9.17, 15) is 5.21 Å². The van der Waals surface area contributed by atoms with Crippen LogP contribution in [0.1, 0.15) is 5.56 Å². The monoisotopic (exact) mass is 302 g/mol.